The summed E-state index contributed by atoms with van der Waals surface area (Å²) in [6.07, 6.45) is 2.30. The van der Waals surface area contributed by atoms with Crippen LogP contribution in [0.2, 0.25) is 0 Å². The molecule has 3 N–H and O–H groups in total. The molecule has 0 fully saturated rings. The molecular weight excluding hydrogens is 592 g/mol. The maximum absolute atomic E-state index is 14.2. The summed E-state index contributed by atoms with van der Waals surface area (Å²) in [4.78, 5) is 29.3. The molecule has 1 atom stereocenters. The van der Waals surface area contributed by atoms with E-state index >= 15 is 0 Å². The van der Waals surface area contributed by atoms with Crippen LogP contribution >= 0.6 is 0 Å². The van der Waals surface area contributed by atoms with Gasteiger partial charge in [-0.25, -0.2) is 23.1 Å². The highest BCUT2D eigenvalue weighted by Crippen LogP contribution is 2.30. The highest BCUT2D eigenvalue weighted by Gasteiger charge is 2.29. The van der Waals surface area contributed by atoms with Crippen LogP contribution in [-0.2, 0) is 16.6 Å². The van der Waals surface area contributed by atoms with Crippen LogP contribution in [-0.4, -0.2) is 65.1 Å². The van der Waals surface area contributed by atoms with E-state index in [1.54, 1.807) is 35.4 Å². The van der Waals surface area contributed by atoms with Crippen LogP contribution in [0.5, 0.6) is 5.88 Å². The monoisotopic (exact) mass is 630 g/mol. The first-order chi connectivity index (χ1) is 21.5. The van der Waals surface area contributed by atoms with Crippen LogP contribution in [0, 0.1) is 19.8 Å². The molecule has 0 radical (unpaired) electrons. The van der Waals surface area contributed by atoms with Crippen molar-refractivity contribution >= 4 is 27.7 Å². The van der Waals surface area contributed by atoms with E-state index in [0.717, 1.165) is 22.3 Å². The van der Waals surface area contributed by atoms with E-state index in [9.17, 15) is 13.2 Å². The largest absolute Gasteiger partial charge is 0.475 e. The molecule has 2 aromatic heterocycles. The second-order valence-corrected chi connectivity index (χ2v) is 13.2. The number of anilines is 2. The summed E-state index contributed by atoms with van der Waals surface area (Å²) in [5.41, 5.74) is 4.33. The Balaban J connectivity index is 1.61. The number of pyridine rings is 1. The van der Waals surface area contributed by atoms with Gasteiger partial charge in [0.05, 0.1) is 23.2 Å². The minimum Gasteiger partial charge on any atom is -0.475 e. The molecular formula is C33H38N6O5S. The van der Waals surface area contributed by atoms with Gasteiger partial charge < -0.3 is 20.1 Å². The zero-order valence-electron chi connectivity index (χ0n) is 25.8. The van der Waals surface area contributed by atoms with E-state index in [-0.39, 0.29) is 59.9 Å². The molecule has 0 spiro atoms. The molecule has 2 aromatic carbocycles. The van der Waals surface area contributed by atoms with E-state index in [2.05, 4.69) is 38.8 Å². The third kappa shape index (κ3) is 7.58. The zero-order chi connectivity index (χ0) is 32.1. The Labute approximate surface area is 263 Å². The fourth-order valence-corrected chi connectivity index (χ4v) is 6.40. The number of benzene rings is 2. The summed E-state index contributed by atoms with van der Waals surface area (Å²) >= 11 is 0. The lowest BCUT2D eigenvalue weighted by Gasteiger charge is -2.33. The molecule has 45 heavy (non-hydrogen) atoms. The first-order valence-corrected chi connectivity index (χ1v) is 16.3. The van der Waals surface area contributed by atoms with Crippen molar-refractivity contribution < 1.29 is 23.1 Å². The second kappa shape index (κ2) is 13.6. The molecule has 11 nitrogen and oxygen atoms in total. The third-order valence-electron chi connectivity index (χ3n) is 7.52. The quantitative estimate of drug-likeness (QED) is 0.250. The third-order valence-corrected chi connectivity index (χ3v) is 8.85. The summed E-state index contributed by atoms with van der Waals surface area (Å²) < 4.78 is 35.9. The number of aliphatic hydroxyl groups is 1. The van der Waals surface area contributed by atoms with Gasteiger partial charge in [-0.2, -0.15) is 4.98 Å². The zero-order valence-corrected chi connectivity index (χ0v) is 26.6. The summed E-state index contributed by atoms with van der Waals surface area (Å²) in [5, 5.41) is 12.1. The van der Waals surface area contributed by atoms with Gasteiger partial charge >= 0.3 is 0 Å². The lowest BCUT2D eigenvalue weighted by Crippen LogP contribution is -2.44. The molecule has 12 heteroatoms. The fourth-order valence-electron chi connectivity index (χ4n) is 5.41. The van der Waals surface area contributed by atoms with Gasteiger partial charge in [0.15, 0.2) is 0 Å². The summed E-state index contributed by atoms with van der Waals surface area (Å²) in [6, 6.07) is 16.8. The molecule has 0 saturated heterocycles. The van der Waals surface area contributed by atoms with Crippen molar-refractivity contribution in [2.45, 2.75) is 51.6 Å². The average Bonchev–Trinajstić information content (AvgIpc) is 3.00. The first-order valence-electron chi connectivity index (χ1n) is 14.9. The molecule has 4 bridgehead atoms. The Morgan fingerprint density at radius 2 is 1.82 bits per heavy atom. The van der Waals surface area contributed by atoms with Gasteiger partial charge in [0.25, 0.3) is 15.9 Å². The van der Waals surface area contributed by atoms with Crippen molar-refractivity contribution in [1.82, 2.24) is 19.9 Å². The highest BCUT2D eigenvalue weighted by atomic mass is 32.2. The number of nitrogens with one attached hydrogen (secondary N) is 2. The van der Waals surface area contributed by atoms with E-state index in [1.165, 1.54) is 12.1 Å². The smallest absolute Gasteiger partial charge is 0.264 e. The maximum Gasteiger partial charge on any atom is 0.264 e. The second-order valence-electron chi connectivity index (χ2n) is 11.5. The predicted octanol–water partition coefficient (Wildman–Crippen LogP) is 4.81. The van der Waals surface area contributed by atoms with E-state index in [1.807, 2.05) is 38.1 Å². The number of ether oxygens (including phenoxy) is 1. The number of aromatic nitrogens is 3. The predicted molar refractivity (Wildman–Crippen MR) is 173 cm³/mol. The number of carbonyl (C=O) groups excluding carboxylic acids is 1. The Morgan fingerprint density at radius 3 is 2.51 bits per heavy atom. The molecule has 1 aliphatic rings. The van der Waals surface area contributed by atoms with Crippen LogP contribution in [0.3, 0.4) is 0 Å². The number of rotatable bonds is 8. The van der Waals surface area contributed by atoms with Gasteiger partial charge in [0, 0.05) is 36.5 Å². The van der Waals surface area contributed by atoms with Gasteiger partial charge in [-0.3, -0.25) is 4.79 Å². The Morgan fingerprint density at radius 1 is 1.07 bits per heavy atom. The van der Waals surface area contributed by atoms with Crippen molar-refractivity contribution in [2.75, 3.05) is 29.8 Å². The molecule has 236 valence electrons. The molecule has 0 saturated carbocycles. The summed E-state index contributed by atoms with van der Waals surface area (Å²) in [6.45, 7) is 8.76. The maximum atomic E-state index is 14.2. The van der Waals surface area contributed by atoms with Crippen LogP contribution in [0.25, 0.3) is 11.3 Å². The fraction of sp³-hybridized carbons (Fsp3) is 0.333. The SMILES string of the molecule is Cc1cccc(C)c1-c1cc2nc(n1)NS(=O)(=O)c1cccc(c1)C(=O)N(Cc1ccc(NCCO)nc1)[C@H](CC(C)C)CO2. The van der Waals surface area contributed by atoms with Crippen LogP contribution in [0.4, 0.5) is 11.8 Å². The molecule has 5 rings (SSSR count). The summed E-state index contributed by atoms with van der Waals surface area (Å²) in [7, 11) is -4.16. The number of hydrogen-bond acceptors (Lipinski definition) is 9. The van der Waals surface area contributed by atoms with E-state index < -0.39 is 10.0 Å². The van der Waals surface area contributed by atoms with Gasteiger partial charge in [0.2, 0.25) is 11.8 Å². The van der Waals surface area contributed by atoms with E-state index in [4.69, 9.17) is 9.84 Å². The number of nitrogens with zero attached hydrogens (tertiary/aromatic N) is 4. The number of fused-ring (bicyclic) bond motifs is 4. The van der Waals surface area contributed by atoms with E-state index in [0.29, 0.717) is 24.5 Å². The minimum absolute atomic E-state index is 0.0211. The number of hydrogen-bond donors (Lipinski definition) is 3. The Kier molecular flexibility index (Phi) is 9.64. The average molecular weight is 631 g/mol. The molecule has 3 heterocycles. The van der Waals surface area contributed by atoms with Crippen LogP contribution in [0.15, 0.2) is 71.8 Å². The van der Waals surface area contributed by atoms with Crippen LogP contribution in [0.1, 0.15) is 47.3 Å². The number of sulfonamides is 1. The Hall–Kier alpha value is -4.55. The van der Waals surface area contributed by atoms with Crippen molar-refractivity contribution in [3.8, 4) is 17.1 Å². The van der Waals surface area contributed by atoms with Crippen LogP contribution < -0.4 is 14.8 Å². The van der Waals surface area contributed by atoms with Gasteiger partial charge in [-0.15, -0.1) is 0 Å². The highest BCUT2D eigenvalue weighted by molar-refractivity contribution is 7.92. The minimum atomic E-state index is -4.16. The van der Waals surface area contributed by atoms with Gasteiger partial charge in [0.1, 0.15) is 12.4 Å². The van der Waals surface area contributed by atoms with Gasteiger partial charge in [-0.1, -0.05) is 44.2 Å². The molecule has 0 unspecified atom stereocenters. The first kappa shape index (κ1) is 31.9. The normalized spacial score (nSPS) is 16.2. The van der Waals surface area contributed by atoms with Crippen molar-refractivity contribution in [3.63, 3.8) is 0 Å². The number of aryl methyl sites for hydroxylation is 2. The molecule has 1 amide bonds. The topological polar surface area (TPSA) is 147 Å². The molecule has 1 aliphatic heterocycles. The molecule has 0 aliphatic carbocycles. The number of aliphatic hydroxyl groups excluding tert-OH is 1. The standard InChI is InChI=1S/C33H38N6O5S/c1-21(2)15-26-20-44-30-17-28(31-22(3)7-5-8-23(31)4)36-33(37-30)38-45(42,43)27-10-6-9-25(16-27)32(41)39(26)19-24-11-12-29(35-18-24)34-13-14-40/h5-12,16-18,21,26,40H,13-15,19-20H2,1-4H3,(H,34,35)(H,36,37,38)/t26-/m1/s1. The number of amides is 1. The summed E-state index contributed by atoms with van der Waals surface area (Å²) in [5.74, 6) is 0.549. The molecule has 4 aromatic rings. The van der Waals surface area contributed by atoms with Crippen molar-refractivity contribution in [1.29, 1.82) is 0 Å². The van der Waals surface area contributed by atoms with Gasteiger partial charge in [-0.05, 0) is 67.1 Å². The number of carbonyl (C=O) groups is 1. The van der Waals surface area contributed by atoms with Crippen molar-refractivity contribution in [2.24, 2.45) is 5.92 Å². The lowest BCUT2D eigenvalue weighted by molar-refractivity contribution is 0.0553. The lowest BCUT2D eigenvalue weighted by atomic mass is 10.00. The van der Waals surface area contributed by atoms with Crippen molar-refractivity contribution in [3.05, 3.63) is 89.1 Å². The Bertz CT molecular complexity index is 1760.